The third-order valence-corrected chi connectivity index (χ3v) is 5.27. The molecule has 2 aliphatic rings. The van der Waals surface area contributed by atoms with Gasteiger partial charge in [-0.2, -0.15) is 0 Å². The molecule has 5 nitrogen and oxygen atoms in total. The Bertz CT molecular complexity index is 632. The van der Waals surface area contributed by atoms with Crippen molar-refractivity contribution in [3.05, 3.63) is 33.2 Å². The van der Waals surface area contributed by atoms with Crippen molar-refractivity contribution in [2.75, 3.05) is 26.3 Å². The van der Waals surface area contributed by atoms with Gasteiger partial charge in [0.05, 0.1) is 24.8 Å². The van der Waals surface area contributed by atoms with Crippen molar-refractivity contribution in [1.82, 2.24) is 15.5 Å². The quantitative estimate of drug-likeness (QED) is 0.805. The van der Waals surface area contributed by atoms with Crippen molar-refractivity contribution in [3.8, 4) is 0 Å². The minimum absolute atomic E-state index is 0.0566. The van der Waals surface area contributed by atoms with Crippen LogP contribution >= 0.6 is 23.6 Å². The van der Waals surface area contributed by atoms with E-state index in [2.05, 4.69) is 23.6 Å². The van der Waals surface area contributed by atoms with Crippen molar-refractivity contribution < 1.29 is 9.53 Å². The van der Waals surface area contributed by atoms with Crippen molar-refractivity contribution in [3.63, 3.8) is 0 Å². The molecule has 1 amide bonds. The average Bonchev–Trinajstić information content (AvgIpc) is 2.93. The Morgan fingerprint density at radius 1 is 1.41 bits per heavy atom. The molecule has 0 unspecified atom stereocenters. The van der Waals surface area contributed by atoms with E-state index in [4.69, 9.17) is 17.0 Å². The summed E-state index contributed by atoms with van der Waals surface area (Å²) in [6, 6.07) is 1.89. The zero-order valence-corrected chi connectivity index (χ0v) is 14.3. The highest BCUT2D eigenvalue weighted by atomic mass is 32.1. The second-order valence-electron chi connectivity index (χ2n) is 5.44. The molecule has 0 bridgehead atoms. The molecule has 1 atom stereocenters. The molecule has 0 aliphatic carbocycles. The molecular formula is C15H19N3O2S2. The Morgan fingerprint density at radius 3 is 2.77 bits per heavy atom. The number of carbonyl (C=O) groups excluding carboxylic acids is 1. The molecule has 0 saturated carbocycles. The second kappa shape index (κ2) is 6.36. The van der Waals surface area contributed by atoms with E-state index in [1.165, 1.54) is 5.56 Å². The topological polar surface area (TPSA) is 53.6 Å². The molecule has 0 aromatic carbocycles. The number of rotatable bonds is 2. The molecule has 2 aliphatic heterocycles. The first-order chi connectivity index (χ1) is 10.6. The summed E-state index contributed by atoms with van der Waals surface area (Å²) in [6.07, 6.45) is 0. The van der Waals surface area contributed by atoms with Gasteiger partial charge >= 0.3 is 0 Å². The lowest BCUT2D eigenvalue weighted by Crippen LogP contribution is -2.49. The molecule has 118 valence electrons. The summed E-state index contributed by atoms with van der Waals surface area (Å²) in [6.45, 7) is 6.44. The fourth-order valence-corrected chi connectivity index (χ4v) is 4.05. The molecule has 1 fully saturated rings. The normalized spacial score (nSPS) is 22.4. The van der Waals surface area contributed by atoms with Gasteiger partial charge in [-0.15, -0.1) is 11.3 Å². The summed E-state index contributed by atoms with van der Waals surface area (Å²) in [5.41, 5.74) is 2.76. The van der Waals surface area contributed by atoms with Crippen LogP contribution in [0.25, 0.3) is 0 Å². The minimum atomic E-state index is -0.177. The Labute approximate surface area is 139 Å². The predicted octanol–water partition coefficient (Wildman–Crippen LogP) is 1.71. The highest BCUT2D eigenvalue weighted by Gasteiger charge is 2.34. The van der Waals surface area contributed by atoms with Gasteiger partial charge in [0.25, 0.3) is 5.91 Å². The van der Waals surface area contributed by atoms with Crippen molar-refractivity contribution in [2.24, 2.45) is 0 Å². The van der Waals surface area contributed by atoms with E-state index in [1.807, 2.05) is 17.2 Å². The summed E-state index contributed by atoms with van der Waals surface area (Å²) in [7, 11) is 0. The number of nitrogens with zero attached hydrogens (tertiary/aromatic N) is 1. The number of morpholine rings is 1. The third-order valence-electron chi connectivity index (χ3n) is 3.96. The smallest absolute Gasteiger partial charge is 0.254 e. The van der Waals surface area contributed by atoms with E-state index in [0.29, 0.717) is 31.4 Å². The van der Waals surface area contributed by atoms with Crippen molar-refractivity contribution >= 4 is 34.6 Å². The Kier molecular flexibility index (Phi) is 4.46. The van der Waals surface area contributed by atoms with Gasteiger partial charge in [-0.05, 0) is 43.1 Å². The SMILES string of the molecule is CC1=C(C(=O)N2CCOCC2)[C@H](c2sccc2C)NC(=S)N1. The average molecular weight is 337 g/mol. The van der Waals surface area contributed by atoms with E-state index in [-0.39, 0.29) is 11.9 Å². The lowest BCUT2D eigenvalue weighted by atomic mass is 9.98. The predicted molar refractivity (Wildman–Crippen MR) is 90.8 cm³/mol. The molecule has 1 aromatic rings. The zero-order valence-electron chi connectivity index (χ0n) is 12.6. The van der Waals surface area contributed by atoms with Gasteiger partial charge in [-0.25, -0.2) is 0 Å². The monoisotopic (exact) mass is 337 g/mol. The second-order valence-corrected chi connectivity index (χ2v) is 6.80. The highest BCUT2D eigenvalue weighted by molar-refractivity contribution is 7.80. The van der Waals surface area contributed by atoms with E-state index in [0.717, 1.165) is 16.1 Å². The largest absolute Gasteiger partial charge is 0.378 e. The van der Waals surface area contributed by atoms with E-state index in [9.17, 15) is 4.79 Å². The fraction of sp³-hybridized carbons (Fsp3) is 0.467. The molecule has 0 radical (unpaired) electrons. The number of nitrogens with one attached hydrogen (secondary N) is 2. The van der Waals surface area contributed by atoms with Crippen LogP contribution in [0, 0.1) is 6.92 Å². The molecule has 3 rings (SSSR count). The number of hydrogen-bond donors (Lipinski definition) is 2. The highest BCUT2D eigenvalue weighted by Crippen LogP contribution is 2.33. The van der Waals surface area contributed by atoms with E-state index < -0.39 is 0 Å². The molecular weight excluding hydrogens is 318 g/mol. The van der Waals surface area contributed by atoms with Crippen LogP contribution in [-0.2, 0) is 9.53 Å². The number of aryl methyl sites for hydroxylation is 1. The van der Waals surface area contributed by atoms with Crippen molar-refractivity contribution in [1.29, 1.82) is 0 Å². The number of thiophene rings is 1. The maximum absolute atomic E-state index is 13.0. The van der Waals surface area contributed by atoms with Crippen LogP contribution in [0.15, 0.2) is 22.7 Å². The van der Waals surface area contributed by atoms with Gasteiger partial charge in [0, 0.05) is 23.7 Å². The summed E-state index contributed by atoms with van der Waals surface area (Å²) in [4.78, 5) is 16.0. The number of allylic oxidation sites excluding steroid dienone is 1. The maximum Gasteiger partial charge on any atom is 0.254 e. The maximum atomic E-state index is 13.0. The Hall–Kier alpha value is -1.44. The van der Waals surface area contributed by atoms with Gasteiger partial charge in [0.2, 0.25) is 0 Å². The Morgan fingerprint density at radius 2 is 2.14 bits per heavy atom. The number of ether oxygens (including phenoxy) is 1. The lowest BCUT2D eigenvalue weighted by molar-refractivity contribution is -0.131. The first-order valence-electron chi connectivity index (χ1n) is 7.27. The van der Waals surface area contributed by atoms with Crippen LogP contribution in [0.4, 0.5) is 0 Å². The van der Waals surface area contributed by atoms with Gasteiger partial charge in [-0.1, -0.05) is 0 Å². The number of thiocarbonyl (C=S) groups is 1. The molecule has 0 spiro atoms. The molecule has 22 heavy (non-hydrogen) atoms. The van der Waals surface area contributed by atoms with E-state index in [1.54, 1.807) is 11.3 Å². The summed E-state index contributed by atoms with van der Waals surface area (Å²) >= 11 is 6.92. The first-order valence-corrected chi connectivity index (χ1v) is 8.56. The van der Waals surface area contributed by atoms with Crippen molar-refractivity contribution in [2.45, 2.75) is 19.9 Å². The zero-order chi connectivity index (χ0) is 15.7. The lowest BCUT2D eigenvalue weighted by Gasteiger charge is -2.34. The Balaban J connectivity index is 1.96. The van der Waals surface area contributed by atoms with Crippen LogP contribution in [-0.4, -0.2) is 42.2 Å². The minimum Gasteiger partial charge on any atom is -0.378 e. The molecule has 7 heteroatoms. The molecule has 3 heterocycles. The summed E-state index contributed by atoms with van der Waals surface area (Å²) < 4.78 is 5.34. The van der Waals surface area contributed by atoms with Gasteiger partial charge in [-0.3, -0.25) is 4.79 Å². The number of hydrogen-bond acceptors (Lipinski definition) is 4. The van der Waals surface area contributed by atoms with Crippen LogP contribution < -0.4 is 10.6 Å². The molecule has 1 aromatic heterocycles. The van der Waals surface area contributed by atoms with Crippen LogP contribution in [0.1, 0.15) is 23.4 Å². The van der Waals surface area contributed by atoms with Gasteiger partial charge < -0.3 is 20.3 Å². The molecule has 2 N–H and O–H groups in total. The summed E-state index contributed by atoms with van der Waals surface area (Å²) in [5.74, 6) is 0.0566. The molecule has 1 saturated heterocycles. The summed E-state index contributed by atoms with van der Waals surface area (Å²) in [5, 5.41) is 8.95. The van der Waals surface area contributed by atoms with Gasteiger partial charge in [0.15, 0.2) is 5.11 Å². The van der Waals surface area contributed by atoms with Gasteiger partial charge in [0.1, 0.15) is 0 Å². The standard InChI is InChI=1S/C15H19N3O2S2/c1-9-3-8-22-13(9)12-11(10(2)16-15(21)17-12)14(19)18-4-6-20-7-5-18/h3,8,12H,4-7H2,1-2H3,(H2,16,17,21)/t12-/m1/s1. The van der Waals surface area contributed by atoms with E-state index >= 15 is 0 Å². The number of carbonyl (C=O) groups is 1. The van der Waals surface area contributed by atoms with Crippen LogP contribution in [0.3, 0.4) is 0 Å². The van der Waals surface area contributed by atoms with Crippen LogP contribution in [0.2, 0.25) is 0 Å². The van der Waals surface area contributed by atoms with Crippen LogP contribution in [0.5, 0.6) is 0 Å². The third kappa shape index (κ3) is 2.88. The fourth-order valence-electron chi connectivity index (χ4n) is 2.79. The first kappa shape index (κ1) is 15.5. The number of amides is 1.